The molecule has 3 amide bonds. The number of carbonyl (C=O) groups is 3. The second-order valence-electron chi connectivity index (χ2n) is 6.40. The minimum Gasteiger partial charge on any atom is -0.493 e. The zero-order valence-corrected chi connectivity index (χ0v) is 15.0. The highest BCUT2D eigenvalue weighted by Crippen LogP contribution is 2.24. The van der Waals surface area contributed by atoms with Gasteiger partial charge in [0.1, 0.15) is 5.75 Å². The molecule has 1 N–H and O–H groups in total. The first-order valence-corrected chi connectivity index (χ1v) is 8.32. The standard InChI is InChI=1S/C20H20N2O4/c1-12-8-13(2)10-15(9-12)26-7-6-18(23)21-14-4-5-16-17(11-14)20(25)22(3)19(16)24/h4-5,8-11H,6-7H2,1-3H3,(H,21,23). The van der Waals surface area contributed by atoms with Crippen molar-refractivity contribution in [3.8, 4) is 5.75 Å². The maximum atomic E-state index is 12.1. The molecule has 6 heteroatoms. The second kappa shape index (κ2) is 7.00. The molecule has 0 radical (unpaired) electrons. The van der Waals surface area contributed by atoms with Crippen molar-refractivity contribution in [2.45, 2.75) is 20.3 Å². The van der Waals surface area contributed by atoms with Crippen molar-refractivity contribution in [1.29, 1.82) is 0 Å². The zero-order valence-electron chi connectivity index (χ0n) is 15.0. The second-order valence-corrected chi connectivity index (χ2v) is 6.40. The molecular formula is C20H20N2O4. The summed E-state index contributed by atoms with van der Waals surface area (Å²) in [6.45, 7) is 4.23. The molecule has 0 bridgehead atoms. The van der Waals surface area contributed by atoms with Crippen molar-refractivity contribution in [3.63, 3.8) is 0 Å². The molecule has 26 heavy (non-hydrogen) atoms. The number of benzene rings is 2. The van der Waals surface area contributed by atoms with Crippen molar-refractivity contribution < 1.29 is 19.1 Å². The third-order valence-corrected chi connectivity index (χ3v) is 4.17. The Kier molecular flexibility index (Phi) is 4.75. The summed E-state index contributed by atoms with van der Waals surface area (Å²) in [5.74, 6) is -0.177. The molecule has 134 valence electrons. The van der Waals surface area contributed by atoms with E-state index in [9.17, 15) is 14.4 Å². The van der Waals surface area contributed by atoms with Gasteiger partial charge in [0, 0.05) is 12.7 Å². The van der Waals surface area contributed by atoms with Crippen molar-refractivity contribution in [2.75, 3.05) is 19.0 Å². The van der Waals surface area contributed by atoms with Gasteiger partial charge in [-0.2, -0.15) is 0 Å². The molecule has 3 rings (SSSR count). The number of ether oxygens (including phenoxy) is 1. The molecule has 1 aliphatic heterocycles. The van der Waals surface area contributed by atoms with E-state index in [1.807, 2.05) is 26.0 Å². The minimum absolute atomic E-state index is 0.177. The van der Waals surface area contributed by atoms with Crippen molar-refractivity contribution in [1.82, 2.24) is 4.90 Å². The summed E-state index contributed by atoms with van der Waals surface area (Å²) in [7, 11) is 1.44. The van der Waals surface area contributed by atoms with Gasteiger partial charge in [-0.15, -0.1) is 0 Å². The number of anilines is 1. The topological polar surface area (TPSA) is 75.7 Å². The average Bonchev–Trinajstić information content (AvgIpc) is 2.78. The molecular weight excluding hydrogens is 332 g/mol. The van der Waals surface area contributed by atoms with E-state index in [2.05, 4.69) is 11.4 Å². The molecule has 1 heterocycles. The Balaban J connectivity index is 1.57. The van der Waals surface area contributed by atoms with Gasteiger partial charge in [0.25, 0.3) is 11.8 Å². The molecule has 2 aromatic carbocycles. The van der Waals surface area contributed by atoms with Crippen LogP contribution in [0.15, 0.2) is 36.4 Å². The SMILES string of the molecule is Cc1cc(C)cc(OCCC(=O)Nc2ccc3c(c2)C(=O)N(C)C3=O)c1. The number of nitrogens with one attached hydrogen (secondary N) is 1. The molecule has 1 aliphatic rings. The Morgan fingerprint density at radius 2 is 1.65 bits per heavy atom. The maximum absolute atomic E-state index is 12.1. The van der Waals surface area contributed by atoms with Crippen LogP contribution in [0.5, 0.6) is 5.75 Å². The summed E-state index contributed by atoms with van der Waals surface area (Å²) in [5.41, 5.74) is 3.35. The highest BCUT2D eigenvalue weighted by atomic mass is 16.5. The number of hydrogen-bond donors (Lipinski definition) is 1. The van der Waals surface area contributed by atoms with Crippen LogP contribution in [0, 0.1) is 13.8 Å². The van der Waals surface area contributed by atoms with Crippen molar-refractivity contribution >= 4 is 23.4 Å². The van der Waals surface area contributed by atoms with Crippen molar-refractivity contribution in [3.05, 3.63) is 58.7 Å². The van der Waals surface area contributed by atoms with Gasteiger partial charge in [-0.1, -0.05) is 6.07 Å². The van der Waals surface area contributed by atoms with Gasteiger partial charge in [0.15, 0.2) is 0 Å². The zero-order chi connectivity index (χ0) is 18.8. The lowest BCUT2D eigenvalue weighted by atomic mass is 10.1. The van der Waals surface area contributed by atoms with Crippen molar-refractivity contribution in [2.24, 2.45) is 0 Å². The van der Waals surface area contributed by atoms with Gasteiger partial charge in [-0.25, -0.2) is 0 Å². The van der Waals surface area contributed by atoms with E-state index in [4.69, 9.17) is 4.74 Å². The monoisotopic (exact) mass is 352 g/mol. The first kappa shape index (κ1) is 17.7. The third-order valence-electron chi connectivity index (χ3n) is 4.17. The molecule has 0 atom stereocenters. The quantitative estimate of drug-likeness (QED) is 0.840. The lowest BCUT2D eigenvalue weighted by molar-refractivity contribution is -0.116. The molecule has 0 spiro atoms. The molecule has 0 fully saturated rings. The third kappa shape index (κ3) is 3.59. The Labute approximate surface area is 151 Å². The number of carbonyl (C=O) groups excluding carboxylic acids is 3. The molecule has 0 unspecified atom stereocenters. The number of amides is 3. The molecule has 0 aliphatic carbocycles. The predicted molar refractivity (Wildman–Crippen MR) is 97.5 cm³/mol. The molecule has 6 nitrogen and oxygen atoms in total. The van der Waals surface area contributed by atoms with Crippen LogP contribution < -0.4 is 10.1 Å². The van der Waals surface area contributed by atoms with Gasteiger partial charge in [0.05, 0.1) is 24.2 Å². The smallest absolute Gasteiger partial charge is 0.261 e. The maximum Gasteiger partial charge on any atom is 0.261 e. The first-order chi connectivity index (χ1) is 12.3. The van der Waals surface area contributed by atoms with E-state index in [-0.39, 0.29) is 30.7 Å². The normalized spacial score (nSPS) is 13.0. The number of imide groups is 1. The number of aryl methyl sites for hydroxylation is 2. The number of rotatable bonds is 5. The van der Waals surface area contributed by atoms with Gasteiger partial charge < -0.3 is 10.1 Å². The number of fused-ring (bicyclic) bond motifs is 1. The van der Waals surface area contributed by atoms with E-state index < -0.39 is 0 Å². The van der Waals surface area contributed by atoms with Gasteiger partial charge in [-0.05, 0) is 55.3 Å². The van der Waals surface area contributed by atoms with Crippen LogP contribution in [0.25, 0.3) is 0 Å². The average molecular weight is 352 g/mol. The Morgan fingerprint density at radius 3 is 2.35 bits per heavy atom. The molecule has 2 aromatic rings. The van der Waals surface area contributed by atoms with Gasteiger partial charge in [0.2, 0.25) is 5.91 Å². The van der Waals surface area contributed by atoms with Crippen LogP contribution in [0.3, 0.4) is 0 Å². The Bertz CT molecular complexity index is 884. The predicted octanol–water partition coefficient (Wildman–Crippen LogP) is 2.94. The summed E-state index contributed by atoms with van der Waals surface area (Å²) >= 11 is 0. The largest absolute Gasteiger partial charge is 0.493 e. The van der Waals surface area contributed by atoms with E-state index in [1.165, 1.54) is 13.1 Å². The summed E-state index contributed by atoms with van der Waals surface area (Å²) in [5, 5.41) is 2.73. The van der Waals surface area contributed by atoms with E-state index in [0.29, 0.717) is 16.8 Å². The van der Waals surface area contributed by atoms with E-state index >= 15 is 0 Å². The Morgan fingerprint density at radius 1 is 1.00 bits per heavy atom. The van der Waals surface area contributed by atoms with Crippen LogP contribution in [-0.4, -0.2) is 36.3 Å². The highest BCUT2D eigenvalue weighted by Gasteiger charge is 2.32. The minimum atomic E-state index is -0.362. The molecule has 0 saturated heterocycles. The van der Waals surface area contributed by atoms with Crippen LogP contribution in [0.1, 0.15) is 38.3 Å². The van der Waals surface area contributed by atoms with Gasteiger partial charge >= 0.3 is 0 Å². The van der Waals surface area contributed by atoms with Crippen LogP contribution in [0.4, 0.5) is 5.69 Å². The summed E-state index contributed by atoms with van der Waals surface area (Å²) in [6.07, 6.45) is 0.177. The van der Waals surface area contributed by atoms with E-state index in [1.54, 1.807) is 12.1 Å². The summed E-state index contributed by atoms with van der Waals surface area (Å²) < 4.78 is 5.63. The lowest BCUT2D eigenvalue weighted by Crippen LogP contribution is -2.24. The fourth-order valence-corrected chi connectivity index (χ4v) is 2.94. The van der Waals surface area contributed by atoms with Gasteiger partial charge in [-0.3, -0.25) is 19.3 Å². The number of hydrogen-bond acceptors (Lipinski definition) is 4. The summed E-state index contributed by atoms with van der Waals surface area (Å²) in [4.78, 5) is 37.0. The lowest BCUT2D eigenvalue weighted by Gasteiger charge is -2.09. The molecule has 0 aromatic heterocycles. The van der Waals surface area contributed by atoms with Crippen LogP contribution in [0.2, 0.25) is 0 Å². The first-order valence-electron chi connectivity index (χ1n) is 8.32. The highest BCUT2D eigenvalue weighted by molar-refractivity contribution is 6.21. The number of nitrogens with zero attached hydrogens (tertiary/aromatic N) is 1. The van der Waals surface area contributed by atoms with Crippen LogP contribution >= 0.6 is 0 Å². The fraction of sp³-hybridized carbons (Fsp3) is 0.250. The van der Waals surface area contributed by atoms with Crippen LogP contribution in [-0.2, 0) is 4.79 Å². The Hall–Kier alpha value is -3.15. The molecule has 0 saturated carbocycles. The summed E-state index contributed by atoms with van der Waals surface area (Å²) in [6, 6.07) is 10.6. The fourth-order valence-electron chi connectivity index (χ4n) is 2.94. The van der Waals surface area contributed by atoms with E-state index in [0.717, 1.165) is 21.8 Å².